The lowest BCUT2D eigenvalue weighted by molar-refractivity contribution is -0.385. The second-order valence-corrected chi connectivity index (χ2v) is 4.84. The van der Waals surface area contributed by atoms with Crippen LogP contribution in [0.4, 0.5) is 5.69 Å². The van der Waals surface area contributed by atoms with Gasteiger partial charge in [-0.3, -0.25) is 10.1 Å². The lowest BCUT2D eigenvalue weighted by Gasteiger charge is -2.15. The Morgan fingerprint density at radius 2 is 2.17 bits per heavy atom. The summed E-state index contributed by atoms with van der Waals surface area (Å²) in [5.41, 5.74) is 0.439. The number of nitrogens with zero attached hydrogens (tertiary/aromatic N) is 1. The van der Waals surface area contributed by atoms with Crippen LogP contribution in [0.1, 0.15) is 19.4 Å². The van der Waals surface area contributed by atoms with Crippen molar-refractivity contribution in [1.82, 2.24) is 5.32 Å². The SMILES string of the molecule is CC(C)C(O)CNCc1c(Cl)cccc1[N+](=O)[O-]. The zero-order valence-electron chi connectivity index (χ0n) is 10.4. The molecule has 1 aromatic rings. The molecule has 18 heavy (non-hydrogen) atoms. The number of nitro benzene ring substituents is 1. The molecule has 0 spiro atoms. The average molecular weight is 273 g/mol. The molecule has 1 aromatic carbocycles. The van der Waals surface area contributed by atoms with Crippen LogP contribution in [0.15, 0.2) is 18.2 Å². The van der Waals surface area contributed by atoms with Crippen LogP contribution < -0.4 is 5.32 Å². The van der Waals surface area contributed by atoms with Gasteiger partial charge in [-0.15, -0.1) is 0 Å². The van der Waals surface area contributed by atoms with Crippen molar-refractivity contribution < 1.29 is 10.0 Å². The third-order valence-electron chi connectivity index (χ3n) is 2.72. The van der Waals surface area contributed by atoms with Crippen LogP contribution in [0.25, 0.3) is 0 Å². The highest BCUT2D eigenvalue weighted by Crippen LogP contribution is 2.25. The number of benzene rings is 1. The molecule has 0 aliphatic heterocycles. The Kier molecular flexibility index (Phi) is 5.53. The highest BCUT2D eigenvalue weighted by molar-refractivity contribution is 6.31. The summed E-state index contributed by atoms with van der Waals surface area (Å²) in [6.45, 7) is 4.45. The van der Waals surface area contributed by atoms with Crippen LogP contribution in [0, 0.1) is 16.0 Å². The van der Waals surface area contributed by atoms with E-state index in [-0.39, 0.29) is 18.2 Å². The number of hydrogen-bond donors (Lipinski definition) is 2. The van der Waals surface area contributed by atoms with Crippen molar-refractivity contribution in [3.63, 3.8) is 0 Å². The Morgan fingerprint density at radius 1 is 1.50 bits per heavy atom. The predicted octanol–water partition coefficient (Wildman–Crippen LogP) is 2.35. The molecule has 0 aromatic heterocycles. The Morgan fingerprint density at radius 3 is 2.72 bits per heavy atom. The van der Waals surface area contributed by atoms with E-state index in [1.165, 1.54) is 6.07 Å². The second kappa shape index (κ2) is 6.68. The lowest BCUT2D eigenvalue weighted by Crippen LogP contribution is -2.30. The molecule has 0 aliphatic carbocycles. The van der Waals surface area contributed by atoms with E-state index in [9.17, 15) is 15.2 Å². The van der Waals surface area contributed by atoms with Crippen LogP contribution in [0.2, 0.25) is 5.02 Å². The first-order valence-corrected chi connectivity index (χ1v) is 6.11. The molecular weight excluding hydrogens is 256 g/mol. The molecule has 0 fully saturated rings. The number of nitro groups is 1. The molecule has 1 unspecified atom stereocenters. The number of hydrogen-bond acceptors (Lipinski definition) is 4. The minimum Gasteiger partial charge on any atom is -0.392 e. The van der Waals surface area contributed by atoms with Gasteiger partial charge in [0.15, 0.2) is 0 Å². The molecule has 2 N–H and O–H groups in total. The van der Waals surface area contributed by atoms with E-state index in [4.69, 9.17) is 11.6 Å². The maximum Gasteiger partial charge on any atom is 0.275 e. The Balaban J connectivity index is 2.70. The fraction of sp³-hybridized carbons (Fsp3) is 0.500. The first-order chi connectivity index (χ1) is 8.43. The minimum absolute atomic E-state index is 0.00552. The van der Waals surface area contributed by atoms with Gasteiger partial charge in [0.25, 0.3) is 5.69 Å². The maximum absolute atomic E-state index is 10.8. The van der Waals surface area contributed by atoms with Gasteiger partial charge in [0.2, 0.25) is 0 Å². The molecule has 0 heterocycles. The van der Waals surface area contributed by atoms with Crippen molar-refractivity contribution >= 4 is 17.3 Å². The molecule has 0 bridgehead atoms. The molecule has 100 valence electrons. The third-order valence-corrected chi connectivity index (χ3v) is 3.07. The number of aliphatic hydroxyl groups excluding tert-OH is 1. The third kappa shape index (κ3) is 3.94. The number of rotatable bonds is 6. The second-order valence-electron chi connectivity index (χ2n) is 4.44. The summed E-state index contributed by atoms with van der Waals surface area (Å²) in [4.78, 5) is 10.4. The van der Waals surface area contributed by atoms with Crippen LogP contribution in [-0.2, 0) is 6.54 Å². The summed E-state index contributed by atoms with van der Waals surface area (Å²) in [5.74, 6) is 0.138. The van der Waals surface area contributed by atoms with Crippen molar-refractivity contribution in [3.05, 3.63) is 38.9 Å². The summed E-state index contributed by atoms with van der Waals surface area (Å²) in [5, 5.41) is 23.8. The highest BCUT2D eigenvalue weighted by Gasteiger charge is 2.16. The molecule has 0 amide bonds. The molecule has 1 atom stereocenters. The summed E-state index contributed by atoms with van der Waals surface area (Å²) in [6.07, 6.45) is -0.480. The number of aliphatic hydroxyl groups is 1. The fourth-order valence-corrected chi connectivity index (χ4v) is 1.71. The van der Waals surface area contributed by atoms with E-state index >= 15 is 0 Å². The zero-order valence-corrected chi connectivity index (χ0v) is 11.1. The maximum atomic E-state index is 10.8. The average Bonchev–Trinajstić information content (AvgIpc) is 2.30. The monoisotopic (exact) mass is 272 g/mol. The summed E-state index contributed by atoms with van der Waals surface area (Å²) in [7, 11) is 0. The molecule has 1 rings (SSSR count). The molecule has 5 nitrogen and oxygen atoms in total. The van der Waals surface area contributed by atoms with E-state index in [0.29, 0.717) is 17.1 Å². The van der Waals surface area contributed by atoms with Crippen molar-refractivity contribution in [2.24, 2.45) is 5.92 Å². The van der Waals surface area contributed by atoms with Crippen molar-refractivity contribution in [2.45, 2.75) is 26.5 Å². The standard InChI is InChI=1S/C12H17ClN2O3/c1-8(2)12(16)7-14-6-9-10(13)4-3-5-11(9)15(17)18/h3-5,8,12,14,16H,6-7H2,1-2H3. The quantitative estimate of drug-likeness (QED) is 0.616. The molecule has 0 saturated carbocycles. The summed E-state index contributed by atoms with van der Waals surface area (Å²) >= 11 is 5.94. The van der Waals surface area contributed by atoms with Gasteiger partial charge in [-0.05, 0) is 12.0 Å². The van der Waals surface area contributed by atoms with Gasteiger partial charge in [-0.25, -0.2) is 0 Å². The largest absolute Gasteiger partial charge is 0.392 e. The highest BCUT2D eigenvalue weighted by atomic mass is 35.5. The normalized spacial score (nSPS) is 12.7. The van der Waals surface area contributed by atoms with E-state index in [2.05, 4.69) is 5.32 Å². The van der Waals surface area contributed by atoms with Gasteiger partial charge in [0, 0.05) is 19.2 Å². The van der Waals surface area contributed by atoms with Gasteiger partial charge in [0.1, 0.15) is 0 Å². The van der Waals surface area contributed by atoms with Crippen molar-refractivity contribution in [1.29, 1.82) is 0 Å². The molecule has 0 aliphatic rings. The van der Waals surface area contributed by atoms with E-state index in [1.807, 2.05) is 13.8 Å². The van der Waals surface area contributed by atoms with E-state index in [1.54, 1.807) is 12.1 Å². The molecule has 0 saturated heterocycles. The van der Waals surface area contributed by atoms with Crippen LogP contribution in [0.5, 0.6) is 0 Å². The Bertz CT molecular complexity index is 424. The van der Waals surface area contributed by atoms with Crippen molar-refractivity contribution in [3.8, 4) is 0 Å². The Labute approximate surface area is 111 Å². The fourth-order valence-electron chi connectivity index (χ4n) is 1.47. The molecule has 6 heteroatoms. The number of halogens is 1. The van der Waals surface area contributed by atoms with Gasteiger partial charge in [0.05, 0.1) is 21.6 Å². The van der Waals surface area contributed by atoms with E-state index in [0.717, 1.165) is 0 Å². The van der Waals surface area contributed by atoms with Crippen LogP contribution >= 0.6 is 11.6 Å². The minimum atomic E-state index is -0.480. The van der Waals surface area contributed by atoms with Gasteiger partial charge in [-0.2, -0.15) is 0 Å². The zero-order chi connectivity index (χ0) is 13.7. The predicted molar refractivity (Wildman–Crippen MR) is 70.7 cm³/mol. The molecule has 0 radical (unpaired) electrons. The summed E-state index contributed by atoms with van der Waals surface area (Å²) < 4.78 is 0. The van der Waals surface area contributed by atoms with Gasteiger partial charge >= 0.3 is 0 Å². The van der Waals surface area contributed by atoms with Crippen LogP contribution in [0.3, 0.4) is 0 Å². The van der Waals surface area contributed by atoms with Gasteiger partial charge < -0.3 is 10.4 Å². The number of nitrogens with one attached hydrogen (secondary N) is 1. The summed E-state index contributed by atoms with van der Waals surface area (Å²) in [6, 6.07) is 4.58. The van der Waals surface area contributed by atoms with Crippen LogP contribution in [-0.4, -0.2) is 22.7 Å². The lowest BCUT2D eigenvalue weighted by atomic mass is 10.1. The topological polar surface area (TPSA) is 75.4 Å². The Hall–Kier alpha value is -1.17. The molecular formula is C12H17ClN2O3. The van der Waals surface area contributed by atoms with Crippen molar-refractivity contribution in [2.75, 3.05) is 6.54 Å². The smallest absolute Gasteiger partial charge is 0.275 e. The van der Waals surface area contributed by atoms with E-state index < -0.39 is 11.0 Å². The van der Waals surface area contributed by atoms with Gasteiger partial charge in [-0.1, -0.05) is 31.5 Å². The first-order valence-electron chi connectivity index (χ1n) is 5.74. The first kappa shape index (κ1) is 14.9.